The molecule has 0 aliphatic rings. The van der Waals surface area contributed by atoms with E-state index in [1.165, 1.54) is 13.2 Å². The van der Waals surface area contributed by atoms with E-state index in [1.54, 1.807) is 43.3 Å². The first-order valence-corrected chi connectivity index (χ1v) is 7.07. The summed E-state index contributed by atoms with van der Waals surface area (Å²) < 4.78 is 5.32. The maximum Gasteiger partial charge on any atom is 0.259 e. The van der Waals surface area contributed by atoms with E-state index in [4.69, 9.17) is 4.42 Å². The summed E-state index contributed by atoms with van der Waals surface area (Å²) in [5, 5.41) is 9.72. The van der Waals surface area contributed by atoms with Crippen molar-refractivity contribution in [3.63, 3.8) is 0 Å². The van der Waals surface area contributed by atoms with Crippen molar-refractivity contribution in [2.24, 2.45) is 0 Å². The fourth-order valence-corrected chi connectivity index (χ4v) is 2.31. The van der Waals surface area contributed by atoms with Crippen molar-refractivity contribution >= 4 is 17.4 Å². The smallest absolute Gasteiger partial charge is 0.259 e. The standard InChI is InChI=1S/C17H15N3O3/c1-10-15(16(20-19-10)14-7-4-8-23-14)17(22)18-13-6-3-5-12(9-13)11(2)21/h3-9H,1-2H3,(H,18,22)(H,19,20). The number of furan rings is 1. The van der Waals surface area contributed by atoms with Crippen molar-refractivity contribution in [1.29, 1.82) is 0 Å². The van der Waals surface area contributed by atoms with Crippen LogP contribution in [0.2, 0.25) is 0 Å². The number of aryl methyl sites for hydroxylation is 1. The molecular weight excluding hydrogens is 294 g/mol. The number of H-pyrrole nitrogens is 1. The largest absolute Gasteiger partial charge is 0.463 e. The van der Waals surface area contributed by atoms with Crippen LogP contribution in [-0.4, -0.2) is 21.9 Å². The van der Waals surface area contributed by atoms with Gasteiger partial charge in [-0.15, -0.1) is 0 Å². The number of nitrogens with one attached hydrogen (secondary N) is 2. The maximum absolute atomic E-state index is 12.6. The van der Waals surface area contributed by atoms with Crippen molar-refractivity contribution < 1.29 is 14.0 Å². The highest BCUT2D eigenvalue weighted by atomic mass is 16.3. The Morgan fingerprint density at radius 2 is 2.04 bits per heavy atom. The number of hydrogen-bond donors (Lipinski definition) is 2. The summed E-state index contributed by atoms with van der Waals surface area (Å²) in [6.07, 6.45) is 1.53. The number of carbonyl (C=O) groups excluding carboxylic acids is 2. The van der Waals surface area contributed by atoms with Crippen molar-refractivity contribution in [3.05, 3.63) is 59.5 Å². The number of nitrogens with zero attached hydrogens (tertiary/aromatic N) is 1. The summed E-state index contributed by atoms with van der Waals surface area (Å²) >= 11 is 0. The minimum absolute atomic E-state index is 0.0585. The van der Waals surface area contributed by atoms with Gasteiger partial charge in [-0.05, 0) is 38.1 Å². The third kappa shape index (κ3) is 2.91. The third-order valence-electron chi connectivity index (χ3n) is 3.46. The van der Waals surface area contributed by atoms with Gasteiger partial charge in [0.25, 0.3) is 5.91 Å². The molecule has 23 heavy (non-hydrogen) atoms. The lowest BCUT2D eigenvalue weighted by Gasteiger charge is -2.07. The molecule has 0 unspecified atom stereocenters. The van der Waals surface area contributed by atoms with Crippen molar-refractivity contribution in [1.82, 2.24) is 10.2 Å². The molecule has 0 saturated heterocycles. The Balaban J connectivity index is 1.91. The Morgan fingerprint density at radius 3 is 2.74 bits per heavy atom. The van der Waals surface area contributed by atoms with E-state index in [-0.39, 0.29) is 11.7 Å². The van der Waals surface area contributed by atoms with Gasteiger partial charge >= 0.3 is 0 Å². The van der Waals surface area contributed by atoms with E-state index in [0.717, 1.165) is 0 Å². The lowest BCUT2D eigenvalue weighted by molar-refractivity contribution is 0.101. The topological polar surface area (TPSA) is 88.0 Å². The van der Waals surface area contributed by atoms with Gasteiger partial charge in [0.05, 0.1) is 11.8 Å². The molecule has 0 spiro atoms. The quantitative estimate of drug-likeness (QED) is 0.723. The zero-order chi connectivity index (χ0) is 16.4. The van der Waals surface area contributed by atoms with Crippen LogP contribution < -0.4 is 5.32 Å². The summed E-state index contributed by atoms with van der Waals surface area (Å²) in [6, 6.07) is 10.3. The Kier molecular flexibility index (Phi) is 3.80. The van der Waals surface area contributed by atoms with Gasteiger partial charge in [0.1, 0.15) is 5.69 Å². The molecule has 6 nitrogen and oxygen atoms in total. The van der Waals surface area contributed by atoms with E-state index < -0.39 is 0 Å². The first-order chi connectivity index (χ1) is 11.1. The Morgan fingerprint density at radius 1 is 1.22 bits per heavy atom. The summed E-state index contributed by atoms with van der Waals surface area (Å²) in [5.74, 6) is 0.136. The second-order valence-electron chi connectivity index (χ2n) is 5.14. The van der Waals surface area contributed by atoms with Crippen LogP contribution >= 0.6 is 0 Å². The summed E-state index contributed by atoms with van der Waals surface area (Å²) in [4.78, 5) is 24.0. The predicted octanol–water partition coefficient (Wildman–Crippen LogP) is 3.43. The van der Waals surface area contributed by atoms with Gasteiger partial charge in [0.2, 0.25) is 0 Å². The van der Waals surface area contributed by atoms with Crippen molar-refractivity contribution in [3.8, 4) is 11.5 Å². The molecule has 0 aliphatic heterocycles. The summed E-state index contributed by atoms with van der Waals surface area (Å²) in [7, 11) is 0. The average Bonchev–Trinajstić information content (AvgIpc) is 3.16. The van der Waals surface area contributed by atoms with Gasteiger partial charge in [-0.1, -0.05) is 12.1 Å². The Hall–Kier alpha value is -3.15. The van der Waals surface area contributed by atoms with Crippen LogP contribution in [0.1, 0.15) is 33.3 Å². The molecule has 3 rings (SSSR count). The third-order valence-corrected chi connectivity index (χ3v) is 3.46. The highest BCUT2D eigenvalue weighted by Crippen LogP contribution is 2.25. The molecule has 2 N–H and O–H groups in total. The van der Waals surface area contributed by atoms with Crippen LogP contribution in [0.5, 0.6) is 0 Å². The first-order valence-electron chi connectivity index (χ1n) is 7.07. The monoisotopic (exact) mass is 309 g/mol. The second-order valence-corrected chi connectivity index (χ2v) is 5.14. The molecule has 1 aromatic carbocycles. The minimum atomic E-state index is -0.316. The number of carbonyl (C=O) groups is 2. The van der Waals surface area contributed by atoms with Crippen LogP contribution in [0.3, 0.4) is 0 Å². The van der Waals surface area contributed by atoms with E-state index in [2.05, 4.69) is 15.5 Å². The van der Waals surface area contributed by atoms with Gasteiger partial charge in [-0.25, -0.2) is 0 Å². The number of aromatic amines is 1. The molecule has 1 amide bonds. The fraction of sp³-hybridized carbons (Fsp3) is 0.118. The van der Waals surface area contributed by atoms with Crippen LogP contribution in [0.15, 0.2) is 47.1 Å². The second kappa shape index (κ2) is 5.92. The van der Waals surface area contributed by atoms with E-state index in [1.807, 2.05) is 0 Å². The van der Waals surface area contributed by atoms with Crippen molar-refractivity contribution in [2.75, 3.05) is 5.32 Å². The number of ketones is 1. The minimum Gasteiger partial charge on any atom is -0.463 e. The Bertz CT molecular complexity index is 863. The highest BCUT2D eigenvalue weighted by Gasteiger charge is 2.21. The van der Waals surface area contributed by atoms with Gasteiger partial charge in [-0.3, -0.25) is 14.7 Å². The summed E-state index contributed by atoms with van der Waals surface area (Å²) in [6.45, 7) is 3.25. The fourth-order valence-electron chi connectivity index (χ4n) is 2.31. The molecule has 0 saturated carbocycles. The van der Waals surface area contributed by atoms with Gasteiger partial charge in [0.15, 0.2) is 11.5 Å². The lowest BCUT2D eigenvalue weighted by Crippen LogP contribution is -2.14. The SMILES string of the molecule is CC(=O)c1cccc(NC(=O)c2c(-c3ccco3)n[nH]c2C)c1. The van der Waals surface area contributed by atoms with E-state index >= 15 is 0 Å². The molecule has 2 heterocycles. The molecule has 0 bridgehead atoms. The Labute approximate surface area is 132 Å². The molecule has 0 aliphatic carbocycles. The number of aromatic nitrogens is 2. The zero-order valence-corrected chi connectivity index (χ0v) is 12.7. The maximum atomic E-state index is 12.6. The predicted molar refractivity (Wildman–Crippen MR) is 85.4 cm³/mol. The van der Waals surface area contributed by atoms with Crippen LogP contribution in [0.25, 0.3) is 11.5 Å². The van der Waals surface area contributed by atoms with Crippen LogP contribution in [-0.2, 0) is 0 Å². The van der Waals surface area contributed by atoms with E-state index in [9.17, 15) is 9.59 Å². The number of amides is 1. The van der Waals surface area contributed by atoms with Crippen LogP contribution in [0, 0.1) is 6.92 Å². The zero-order valence-electron chi connectivity index (χ0n) is 12.7. The number of hydrogen-bond acceptors (Lipinski definition) is 4. The van der Waals surface area contributed by atoms with Gasteiger partial charge in [0, 0.05) is 16.9 Å². The lowest BCUT2D eigenvalue weighted by atomic mass is 10.1. The van der Waals surface area contributed by atoms with Gasteiger partial charge < -0.3 is 9.73 Å². The number of Topliss-reactive ketones (excluding diaryl/α,β-unsaturated/α-hetero) is 1. The molecule has 0 radical (unpaired) electrons. The highest BCUT2D eigenvalue weighted by molar-refractivity contribution is 6.09. The van der Waals surface area contributed by atoms with E-state index in [0.29, 0.717) is 34.0 Å². The number of anilines is 1. The molecule has 6 heteroatoms. The first kappa shape index (κ1) is 14.8. The molecule has 0 fully saturated rings. The average molecular weight is 309 g/mol. The van der Waals surface area contributed by atoms with Gasteiger partial charge in [-0.2, -0.15) is 5.10 Å². The summed E-state index contributed by atoms with van der Waals surface area (Å²) in [5.41, 5.74) is 2.59. The van der Waals surface area contributed by atoms with Crippen LogP contribution in [0.4, 0.5) is 5.69 Å². The molecule has 0 atom stereocenters. The number of benzene rings is 1. The molecule has 116 valence electrons. The normalized spacial score (nSPS) is 10.5. The molecular formula is C17H15N3O3. The number of rotatable bonds is 4. The van der Waals surface area contributed by atoms with Crippen molar-refractivity contribution in [2.45, 2.75) is 13.8 Å². The molecule has 3 aromatic rings. The molecule has 2 aromatic heterocycles.